The van der Waals surface area contributed by atoms with Crippen LogP contribution in [0, 0.1) is 20.8 Å². The van der Waals surface area contributed by atoms with Crippen LogP contribution in [0.2, 0.25) is 0 Å². The van der Waals surface area contributed by atoms with Crippen LogP contribution in [0.3, 0.4) is 0 Å². The van der Waals surface area contributed by atoms with Crippen LogP contribution in [0.1, 0.15) is 23.6 Å². The predicted molar refractivity (Wildman–Crippen MR) is 113 cm³/mol. The first-order valence-electron chi connectivity index (χ1n) is 9.78. The van der Waals surface area contributed by atoms with Gasteiger partial charge in [0.05, 0.1) is 4.90 Å². The van der Waals surface area contributed by atoms with Gasteiger partial charge in [0.25, 0.3) is 5.91 Å². The van der Waals surface area contributed by atoms with Crippen LogP contribution in [-0.4, -0.2) is 55.8 Å². The molecule has 1 fully saturated rings. The van der Waals surface area contributed by atoms with Crippen molar-refractivity contribution in [1.29, 1.82) is 0 Å². The number of hydrogen-bond acceptors (Lipinski definition) is 4. The molecule has 1 atom stereocenters. The van der Waals surface area contributed by atoms with Crippen LogP contribution < -0.4 is 4.74 Å². The zero-order valence-corrected chi connectivity index (χ0v) is 18.2. The first-order chi connectivity index (χ1) is 13.7. The van der Waals surface area contributed by atoms with Gasteiger partial charge in [0.15, 0.2) is 6.10 Å². The van der Waals surface area contributed by atoms with E-state index in [9.17, 15) is 13.2 Å². The van der Waals surface area contributed by atoms with Gasteiger partial charge in [-0.25, -0.2) is 8.42 Å². The number of ether oxygens (including phenoxy) is 1. The van der Waals surface area contributed by atoms with Crippen molar-refractivity contribution in [3.8, 4) is 5.75 Å². The van der Waals surface area contributed by atoms with Crippen molar-refractivity contribution in [2.45, 2.75) is 38.7 Å². The van der Waals surface area contributed by atoms with Gasteiger partial charge in [0, 0.05) is 26.2 Å². The van der Waals surface area contributed by atoms with Gasteiger partial charge in [-0.3, -0.25) is 4.79 Å². The third kappa shape index (κ3) is 4.62. The molecule has 7 heteroatoms. The molecule has 1 amide bonds. The molecule has 0 saturated carbocycles. The first kappa shape index (κ1) is 21.3. The molecule has 0 radical (unpaired) electrons. The summed E-state index contributed by atoms with van der Waals surface area (Å²) in [6.45, 7) is 8.88. The van der Waals surface area contributed by atoms with E-state index in [2.05, 4.69) is 0 Å². The average Bonchev–Trinajstić information content (AvgIpc) is 2.71. The van der Waals surface area contributed by atoms with Crippen molar-refractivity contribution < 1.29 is 17.9 Å². The zero-order chi connectivity index (χ0) is 21.2. The van der Waals surface area contributed by atoms with E-state index in [-0.39, 0.29) is 23.9 Å². The zero-order valence-electron chi connectivity index (χ0n) is 17.4. The van der Waals surface area contributed by atoms with E-state index in [1.165, 1.54) is 4.31 Å². The van der Waals surface area contributed by atoms with Crippen LogP contribution >= 0.6 is 0 Å². The summed E-state index contributed by atoms with van der Waals surface area (Å²) in [5.41, 5.74) is 3.13. The normalized spacial score (nSPS) is 16.5. The molecule has 1 aliphatic heterocycles. The lowest BCUT2D eigenvalue weighted by molar-refractivity contribution is -0.139. The quantitative estimate of drug-likeness (QED) is 0.752. The van der Waals surface area contributed by atoms with Crippen molar-refractivity contribution in [3.05, 3.63) is 59.2 Å². The maximum absolute atomic E-state index is 12.8. The highest BCUT2D eigenvalue weighted by molar-refractivity contribution is 7.89. The topological polar surface area (TPSA) is 66.9 Å². The molecule has 0 unspecified atom stereocenters. The van der Waals surface area contributed by atoms with Crippen LogP contribution in [0.4, 0.5) is 0 Å². The minimum Gasteiger partial charge on any atom is -0.481 e. The van der Waals surface area contributed by atoms with Gasteiger partial charge >= 0.3 is 0 Å². The van der Waals surface area contributed by atoms with Gasteiger partial charge in [0.1, 0.15) is 5.75 Å². The number of nitrogens with zero attached hydrogens (tertiary/aromatic N) is 2. The largest absolute Gasteiger partial charge is 0.481 e. The molecule has 0 N–H and O–H groups in total. The fourth-order valence-corrected chi connectivity index (χ4v) is 4.78. The number of benzene rings is 2. The Morgan fingerprint density at radius 3 is 2.21 bits per heavy atom. The lowest BCUT2D eigenvalue weighted by Crippen LogP contribution is -2.53. The Labute approximate surface area is 173 Å². The molecule has 2 aromatic carbocycles. The minimum atomic E-state index is -3.54. The van der Waals surface area contributed by atoms with E-state index in [0.29, 0.717) is 18.8 Å². The third-order valence-electron chi connectivity index (χ3n) is 5.42. The first-order valence-corrected chi connectivity index (χ1v) is 11.2. The minimum absolute atomic E-state index is 0.127. The summed E-state index contributed by atoms with van der Waals surface area (Å²) in [5, 5.41) is 0. The molecule has 1 saturated heterocycles. The van der Waals surface area contributed by atoms with Crippen molar-refractivity contribution in [2.24, 2.45) is 0 Å². The van der Waals surface area contributed by atoms with E-state index in [4.69, 9.17) is 4.74 Å². The van der Waals surface area contributed by atoms with Gasteiger partial charge in [-0.2, -0.15) is 4.31 Å². The van der Waals surface area contributed by atoms with Crippen LogP contribution in [-0.2, 0) is 14.8 Å². The summed E-state index contributed by atoms with van der Waals surface area (Å²) in [6, 6.07) is 12.6. The molecule has 156 valence electrons. The summed E-state index contributed by atoms with van der Waals surface area (Å²) in [6.07, 6.45) is -0.629. The smallest absolute Gasteiger partial charge is 0.263 e. The van der Waals surface area contributed by atoms with Gasteiger partial charge < -0.3 is 9.64 Å². The number of rotatable bonds is 5. The second kappa shape index (κ2) is 8.55. The van der Waals surface area contributed by atoms with Gasteiger partial charge in [-0.15, -0.1) is 0 Å². The van der Waals surface area contributed by atoms with Gasteiger partial charge in [-0.1, -0.05) is 29.8 Å². The summed E-state index contributed by atoms with van der Waals surface area (Å²) >= 11 is 0. The second-order valence-corrected chi connectivity index (χ2v) is 9.44. The Morgan fingerprint density at radius 1 is 0.966 bits per heavy atom. The fraction of sp³-hybridized carbons (Fsp3) is 0.409. The number of carbonyl (C=O) groups is 1. The summed E-state index contributed by atoms with van der Waals surface area (Å²) in [7, 11) is -3.54. The number of carbonyl (C=O) groups excluding carboxylic acids is 1. The van der Waals surface area contributed by atoms with Crippen molar-refractivity contribution in [1.82, 2.24) is 9.21 Å². The molecule has 0 spiro atoms. The van der Waals surface area contributed by atoms with E-state index < -0.39 is 16.1 Å². The van der Waals surface area contributed by atoms with E-state index in [1.54, 1.807) is 36.1 Å². The summed E-state index contributed by atoms with van der Waals surface area (Å²) < 4.78 is 33.0. The molecule has 29 heavy (non-hydrogen) atoms. The summed E-state index contributed by atoms with van der Waals surface area (Å²) in [5.74, 6) is 0.574. The Kier molecular flexibility index (Phi) is 6.29. The second-order valence-electron chi connectivity index (χ2n) is 7.50. The van der Waals surface area contributed by atoms with E-state index >= 15 is 0 Å². The molecule has 0 bridgehead atoms. The highest BCUT2D eigenvalue weighted by Gasteiger charge is 2.32. The molecule has 0 aromatic heterocycles. The van der Waals surface area contributed by atoms with Crippen LogP contribution in [0.15, 0.2) is 47.4 Å². The Morgan fingerprint density at radius 2 is 1.59 bits per heavy atom. The highest BCUT2D eigenvalue weighted by Crippen LogP contribution is 2.23. The van der Waals surface area contributed by atoms with Crippen molar-refractivity contribution >= 4 is 15.9 Å². The number of sulfonamides is 1. The SMILES string of the molecule is Cc1ccc(S(=O)(=O)N2CCN(C(=O)[C@H](C)Oc3cccc(C)c3C)CC2)cc1. The molecular weight excluding hydrogens is 388 g/mol. The number of hydrogen-bond donors (Lipinski definition) is 0. The third-order valence-corrected chi connectivity index (χ3v) is 7.33. The summed E-state index contributed by atoms with van der Waals surface area (Å²) in [4.78, 5) is 14.8. The number of amides is 1. The predicted octanol–water partition coefficient (Wildman–Crippen LogP) is 2.91. The standard InChI is InChI=1S/C22H28N2O4S/c1-16-8-10-20(11-9-16)29(26,27)24-14-12-23(13-15-24)22(25)19(4)28-21-7-5-6-17(2)18(21)3/h5-11,19H,12-15H2,1-4H3/t19-/m0/s1. The molecule has 3 rings (SSSR count). The van der Waals surface area contributed by atoms with Gasteiger partial charge in [0.2, 0.25) is 10.0 Å². The van der Waals surface area contributed by atoms with E-state index in [1.807, 2.05) is 39.0 Å². The monoisotopic (exact) mass is 416 g/mol. The Balaban J connectivity index is 1.61. The van der Waals surface area contributed by atoms with Crippen molar-refractivity contribution in [2.75, 3.05) is 26.2 Å². The van der Waals surface area contributed by atoms with E-state index in [0.717, 1.165) is 16.7 Å². The average molecular weight is 417 g/mol. The molecule has 0 aliphatic carbocycles. The van der Waals surface area contributed by atoms with Gasteiger partial charge in [-0.05, 0) is 57.0 Å². The highest BCUT2D eigenvalue weighted by atomic mass is 32.2. The Hall–Kier alpha value is -2.38. The molecule has 6 nitrogen and oxygen atoms in total. The maximum Gasteiger partial charge on any atom is 0.263 e. The number of aryl methyl sites for hydroxylation is 2. The maximum atomic E-state index is 12.8. The lowest BCUT2D eigenvalue weighted by atomic mass is 10.1. The molecule has 1 heterocycles. The fourth-order valence-electron chi connectivity index (χ4n) is 3.36. The Bertz CT molecular complexity index is 978. The van der Waals surface area contributed by atoms with Crippen molar-refractivity contribution in [3.63, 3.8) is 0 Å². The number of piperazine rings is 1. The molecular formula is C22H28N2O4S. The molecule has 2 aromatic rings. The van der Waals surface area contributed by atoms with Crippen LogP contribution in [0.5, 0.6) is 5.75 Å². The van der Waals surface area contributed by atoms with Crippen LogP contribution in [0.25, 0.3) is 0 Å². The molecule has 1 aliphatic rings. The lowest BCUT2D eigenvalue weighted by Gasteiger charge is -2.35.